The Morgan fingerprint density at radius 1 is 1.14 bits per heavy atom. The highest BCUT2D eigenvalue weighted by molar-refractivity contribution is 7.99. The zero-order valence-electron chi connectivity index (χ0n) is 12.8. The molecule has 1 amide bonds. The third kappa shape index (κ3) is 3.42. The Kier molecular flexibility index (Phi) is 4.83. The predicted molar refractivity (Wildman–Crippen MR) is 83.4 cm³/mol. The second-order valence-electron chi connectivity index (χ2n) is 6.11. The third-order valence-corrected chi connectivity index (χ3v) is 5.63. The number of carbonyl (C=O) groups excluding carboxylic acids is 1. The van der Waals surface area contributed by atoms with Gasteiger partial charge in [0.2, 0.25) is 5.91 Å². The van der Waals surface area contributed by atoms with Crippen molar-refractivity contribution < 1.29 is 4.79 Å². The fourth-order valence-corrected chi connectivity index (χ4v) is 3.83. The van der Waals surface area contributed by atoms with Crippen molar-refractivity contribution in [2.24, 2.45) is 7.05 Å². The molecule has 1 saturated heterocycles. The van der Waals surface area contributed by atoms with Crippen molar-refractivity contribution in [3.63, 3.8) is 0 Å². The molecule has 1 saturated carbocycles. The van der Waals surface area contributed by atoms with Gasteiger partial charge in [0.25, 0.3) is 0 Å². The molecule has 0 aromatic carbocycles. The second-order valence-corrected chi connectivity index (χ2v) is 7.05. The van der Waals surface area contributed by atoms with E-state index in [4.69, 9.17) is 0 Å². The molecule has 2 aliphatic rings. The molecule has 3 rings (SSSR count). The van der Waals surface area contributed by atoms with Crippen LogP contribution < -0.4 is 0 Å². The topological polar surface area (TPSA) is 51.0 Å². The average Bonchev–Trinajstić information content (AvgIpc) is 2.67. The first-order valence-electron chi connectivity index (χ1n) is 8.05. The summed E-state index contributed by atoms with van der Waals surface area (Å²) in [4.78, 5) is 14.3. The molecule has 116 valence electrons. The zero-order valence-corrected chi connectivity index (χ0v) is 13.6. The first kappa shape index (κ1) is 14.9. The Bertz CT molecular complexity index is 490. The van der Waals surface area contributed by atoms with Gasteiger partial charge in [-0.1, -0.05) is 31.0 Å². The van der Waals surface area contributed by atoms with Crippen LogP contribution in [0, 0.1) is 0 Å². The van der Waals surface area contributed by atoms with Crippen LogP contribution in [0.3, 0.4) is 0 Å². The Balaban J connectivity index is 1.54. The molecule has 6 heteroatoms. The van der Waals surface area contributed by atoms with Gasteiger partial charge in [-0.25, -0.2) is 0 Å². The Morgan fingerprint density at radius 2 is 1.86 bits per heavy atom. The van der Waals surface area contributed by atoms with Gasteiger partial charge in [-0.05, 0) is 25.7 Å². The maximum absolute atomic E-state index is 12.3. The summed E-state index contributed by atoms with van der Waals surface area (Å²) in [7, 11) is 2.02. The van der Waals surface area contributed by atoms with Crippen LogP contribution >= 0.6 is 11.8 Å². The molecule has 1 aliphatic carbocycles. The van der Waals surface area contributed by atoms with E-state index in [0.29, 0.717) is 11.7 Å². The van der Waals surface area contributed by atoms with Gasteiger partial charge in [-0.15, -0.1) is 10.2 Å². The lowest BCUT2D eigenvalue weighted by atomic mass is 9.85. The lowest BCUT2D eigenvalue weighted by molar-refractivity contribution is -0.128. The van der Waals surface area contributed by atoms with Crippen molar-refractivity contribution >= 4 is 17.7 Å². The summed E-state index contributed by atoms with van der Waals surface area (Å²) in [6, 6.07) is 0. The van der Waals surface area contributed by atoms with Crippen molar-refractivity contribution in [1.29, 1.82) is 0 Å². The highest BCUT2D eigenvalue weighted by Gasteiger charge is 2.25. The molecule has 0 N–H and O–H groups in total. The van der Waals surface area contributed by atoms with Crippen molar-refractivity contribution in [3.8, 4) is 0 Å². The minimum Gasteiger partial charge on any atom is -0.342 e. The second kappa shape index (κ2) is 6.81. The van der Waals surface area contributed by atoms with E-state index in [2.05, 4.69) is 14.8 Å². The fraction of sp³-hybridized carbons (Fsp3) is 0.800. The molecule has 1 aromatic rings. The average molecular weight is 308 g/mol. The number of hydrogen-bond acceptors (Lipinski definition) is 4. The molecular weight excluding hydrogens is 284 g/mol. The molecule has 1 aliphatic heterocycles. The van der Waals surface area contributed by atoms with E-state index >= 15 is 0 Å². The lowest BCUT2D eigenvalue weighted by Gasteiger charge is -2.24. The van der Waals surface area contributed by atoms with Gasteiger partial charge >= 0.3 is 0 Å². The molecule has 0 spiro atoms. The number of aromatic nitrogens is 3. The largest absolute Gasteiger partial charge is 0.342 e. The van der Waals surface area contributed by atoms with Crippen LogP contribution in [0.15, 0.2) is 5.16 Å². The lowest BCUT2D eigenvalue weighted by Crippen LogP contribution is -2.33. The Morgan fingerprint density at radius 3 is 2.48 bits per heavy atom. The van der Waals surface area contributed by atoms with Crippen LogP contribution in [0.4, 0.5) is 0 Å². The molecule has 1 aromatic heterocycles. The minimum atomic E-state index is 0.245. The van der Waals surface area contributed by atoms with Crippen molar-refractivity contribution in [2.45, 2.75) is 56.0 Å². The van der Waals surface area contributed by atoms with E-state index < -0.39 is 0 Å². The summed E-state index contributed by atoms with van der Waals surface area (Å²) in [5, 5.41) is 9.44. The SMILES string of the molecule is Cn1c(SCC(=O)N2CCCCCC2)nnc1C1CCC1. The number of amides is 1. The molecule has 0 radical (unpaired) electrons. The van der Waals surface area contributed by atoms with Gasteiger partial charge < -0.3 is 9.47 Å². The summed E-state index contributed by atoms with van der Waals surface area (Å²) >= 11 is 1.53. The number of thioether (sulfide) groups is 1. The maximum atomic E-state index is 12.3. The molecule has 0 bridgehead atoms. The third-order valence-electron chi connectivity index (χ3n) is 4.62. The number of nitrogens with zero attached hydrogens (tertiary/aromatic N) is 4. The molecular formula is C15H24N4OS. The van der Waals surface area contributed by atoms with Crippen LogP contribution in [0.5, 0.6) is 0 Å². The Labute approximate surface area is 130 Å². The molecule has 2 heterocycles. The Hall–Kier alpha value is -1.04. The van der Waals surface area contributed by atoms with Crippen molar-refractivity contribution in [3.05, 3.63) is 5.82 Å². The molecule has 2 fully saturated rings. The van der Waals surface area contributed by atoms with Crippen molar-refractivity contribution in [2.75, 3.05) is 18.8 Å². The fourth-order valence-electron chi connectivity index (χ4n) is 3.01. The quantitative estimate of drug-likeness (QED) is 0.802. The summed E-state index contributed by atoms with van der Waals surface area (Å²) in [6.07, 6.45) is 8.55. The van der Waals surface area contributed by atoms with Gasteiger partial charge in [0.1, 0.15) is 5.82 Å². The standard InChI is InChI=1S/C15H24N4OS/c1-18-14(12-7-6-8-12)16-17-15(18)21-11-13(20)19-9-4-2-3-5-10-19/h12H,2-11H2,1H3. The van der Waals surface area contributed by atoms with Crippen molar-refractivity contribution in [1.82, 2.24) is 19.7 Å². The smallest absolute Gasteiger partial charge is 0.233 e. The van der Waals surface area contributed by atoms with E-state index in [1.54, 1.807) is 0 Å². The van der Waals surface area contributed by atoms with Gasteiger partial charge in [0.15, 0.2) is 5.16 Å². The van der Waals surface area contributed by atoms with E-state index in [1.165, 1.54) is 43.9 Å². The first-order valence-corrected chi connectivity index (χ1v) is 9.04. The van der Waals surface area contributed by atoms with Crippen LogP contribution in [0.2, 0.25) is 0 Å². The number of rotatable bonds is 4. The van der Waals surface area contributed by atoms with E-state index in [-0.39, 0.29) is 5.91 Å². The molecule has 5 nitrogen and oxygen atoms in total. The van der Waals surface area contributed by atoms with Gasteiger partial charge in [0, 0.05) is 26.1 Å². The van der Waals surface area contributed by atoms with Gasteiger partial charge in [-0.2, -0.15) is 0 Å². The number of hydrogen-bond donors (Lipinski definition) is 0. The monoisotopic (exact) mass is 308 g/mol. The first-order chi connectivity index (χ1) is 10.3. The number of likely N-dealkylation sites (tertiary alicyclic amines) is 1. The summed E-state index contributed by atoms with van der Waals surface area (Å²) in [6.45, 7) is 1.84. The normalized spacial score (nSPS) is 20.1. The molecule has 0 unspecified atom stereocenters. The summed E-state index contributed by atoms with van der Waals surface area (Å²) < 4.78 is 2.07. The maximum Gasteiger partial charge on any atom is 0.233 e. The van der Waals surface area contributed by atoms with Crippen LogP contribution in [0.1, 0.15) is 56.7 Å². The zero-order chi connectivity index (χ0) is 14.7. The van der Waals surface area contributed by atoms with Gasteiger partial charge in [0.05, 0.1) is 5.75 Å². The van der Waals surface area contributed by atoms with E-state index in [0.717, 1.165) is 36.9 Å². The highest BCUT2D eigenvalue weighted by atomic mass is 32.2. The molecule has 21 heavy (non-hydrogen) atoms. The van der Waals surface area contributed by atoms with Gasteiger partial charge in [-0.3, -0.25) is 4.79 Å². The van der Waals surface area contributed by atoms with E-state index in [1.807, 2.05) is 11.9 Å². The molecule has 0 atom stereocenters. The van der Waals surface area contributed by atoms with E-state index in [9.17, 15) is 4.79 Å². The van der Waals surface area contributed by atoms with Crippen LogP contribution in [-0.2, 0) is 11.8 Å². The van der Waals surface area contributed by atoms with Crippen LogP contribution in [-0.4, -0.2) is 44.4 Å². The number of carbonyl (C=O) groups is 1. The minimum absolute atomic E-state index is 0.245. The summed E-state index contributed by atoms with van der Waals surface area (Å²) in [5.74, 6) is 2.40. The summed E-state index contributed by atoms with van der Waals surface area (Å²) in [5.41, 5.74) is 0. The van der Waals surface area contributed by atoms with Crippen LogP contribution in [0.25, 0.3) is 0 Å². The predicted octanol–water partition coefficient (Wildman–Crippen LogP) is 2.58. The highest BCUT2D eigenvalue weighted by Crippen LogP contribution is 2.36.